The Labute approximate surface area is 229 Å². The van der Waals surface area contributed by atoms with Crippen molar-refractivity contribution in [3.05, 3.63) is 50.6 Å². The van der Waals surface area contributed by atoms with E-state index in [4.69, 9.17) is 16.0 Å². The maximum Gasteiger partial charge on any atom is 0.256 e. The summed E-state index contributed by atoms with van der Waals surface area (Å²) in [5.41, 5.74) is -0.00233. The van der Waals surface area contributed by atoms with E-state index in [9.17, 15) is 24.8 Å². The molecule has 0 N–H and O–H groups in total. The minimum atomic E-state index is -1.02. The van der Waals surface area contributed by atoms with Gasteiger partial charge in [0.15, 0.2) is 5.69 Å². The minimum absolute atomic E-state index is 0.0157. The Morgan fingerprint density at radius 1 is 1.10 bits per heavy atom. The summed E-state index contributed by atoms with van der Waals surface area (Å²) in [5.74, 6) is -3.34. The zero-order chi connectivity index (χ0) is 29.3. The fourth-order valence-corrected chi connectivity index (χ4v) is 4.29. The standard InChI is InChI=1S/C29H38N4O6/c1-18(2)38-15-9-13-32-26(34)22(20(5)24(17-30)28(32)36)11-8-12-23-21(6)25(31-7)29(37)33(27(23)35)14-10-16-39-19(3)4/h8,11-12,18-20,24,37H,9-10,13-16H2,1-6H3/p-1. The minimum Gasteiger partial charge on any atom is -0.869 e. The Morgan fingerprint density at radius 3 is 2.23 bits per heavy atom. The Bertz CT molecular complexity index is 1260. The molecule has 0 radical (unpaired) electrons. The van der Waals surface area contributed by atoms with Crippen LogP contribution < -0.4 is 10.7 Å². The van der Waals surface area contributed by atoms with Crippen molar-refractivity contribution >= 4 is 23.6 Å². The molecule has 1 fully saturated rings. The van der Waals surface area contributed by atoms with Gasteiger partial charge >= 0.3 is 0 Å². The number of amides is 2. The van der Waals surface area contributed by atoms with Crippen molar-refractivity contribution < 1.29 is 24.2 Å². The lowest BCUT2D eigenvalue weighted by Gasteiger charge is -2.33. The molecule has 0 aromatic carbocycles. The largest absolute Gasteiger partial charge is 0.869 e. The van der Waals surface area contributed by atoms with Crippen molar-refractivity contribution in [1.29, 1.82) is 5.26 Å². The van der Waals surface area contributed by atoms with Gasteiger partial charge in [0.2, 0.25) is 5.91 Å². The van der Waals surface area contributed by atoms with E-state index >= 15 is 0 Å². The first-order valence-corrected chi connectivity index (χ1v) is 13.1. The van der Waals surface area contributed by atoms with Crippen LogP contribution in [0.25, 0.3) is 10.9 Å². The van der Waals surface area contributed by atoms with Crippen LogP contribution in [0.3, 0.4) is 0 Å². The van der Waals surface area contributed by atoms with Crippen molar-refractivity contribution in [2.45, 2.75) is 73.1 Å². The second kappa shape index (κ2) is 14.4. The van der Waals surface area contributed by atoms with Crippen LogP contribution in [-0.4, -0.2) is 53.2 Å². The van der Waals surface area contributed by atoms with Gasteiger partial charge < -0.3 is 19.1 Å². The first kappa shape index (κ1) is 31.5. The third-order valence-corrected chi connectivity index (χ3v) is 6.44. The van der Waals surface area contributed by atoms with Crippen molar-refractivity contribution in [1.82, 2.24) is 9.47 Å². The number of nitrogens with zero attached hydrogens (tertiary/aromatic N) is 4. The van der Waals surface area contributed by atoms with E-state index in [0.29, 0.717) is 26.1 Å². The van der Waals surface area contributed by atoms with Gasteiger partial charge in [-0.1, -0.05) is 25.2 Å². The molecule has 1 aromatic heterocycles. The summed E-state index contributed by atoms with van der Waals surface area (Å²) in [6.07, 6.45) is 5.33. The summed E-state index contributed by atoms with van der Waals surface area (Å²) in [6, 6.07) is 2.01. The first-order valence-electron chi connectivity index (χ1n) is 13.1. The summed E-state index contributed by atoms with van der Waals surface area (Å²) >= 11 is 0. The van der Waals surface area contributed by atoms with Crippen LogP contribution >= 0.6 is 0 Å². The topological polar surface area (TPSA) is 129 Å². The number of pyridine rings is 1. The Hall–Kier alpha value is -3.73. The van der Waals surface area contributed by atoms with Gasteiger partial charge in [0.05, 0.1) is 24.8 Å². The number of carbonyl (C=O) groups is 2. The highest BCUT2D eigenvalue weighted by molar-refractivity contribution is 6.09. The molecule has 0 spiro atoms. The van der Waals surface area contributed by atoms with Crippen LogP contribution in [-0.2, 0) is 25.6 Å². The number of aromatic nitrogens is 1. The molecule has 2 heterocycles. The lowest BCUT2D eigenvalue weighted by atomic mass is 9.82. The predicted octanol–water partition coefficient (Wildman–Crippen LogP) is 3.50. The molecule has 1 aliphatic rings. The van der Waals surface area contributed by atoms with E-state index in [0.717, 1.165) is 9.47 Å². The Morgan fingerprint density at radius 2 is 1.69 bits per heavy atom. The van der Waals surface area contributed by atoms with Crippen molar-refractivity contribution in [2.24, 2.45) is 11.8 Å². The highest BCUT2D eigenvalue weighted by atomic mass is 16.5. The number of piperidine rings is 1. The molecule has 10 nitrogen and oxygen atoms in total. The Balaban J connectivity index is 2.39. The average molecular weight is 538 g/mol. The van der Waals surface area contributed by atoms with E-state index < -0.39 is 35.1 Å². The lowest BCUT2D eigenvalue weighted by molar-refractivity contribution is -0.278. The number of hydrogen-bond donors (Lipinski definition) is 0. The number of imide groups is 1. The van der Waals surface area contributed by atoms with E-state index in [-0.39, 0.29) is 47.7 Å². The highest BCUT2D eigenvalue weighted by Crippen LogP contribution is 2.31. The van der Waals surface area contributed by atoms with E-state index in [2.05, 4.69) is 4.85 Å². The third-order valence-electron chi connectivity index (χ3n) is 6.44. The molecule has 2 unspecified atom stereocenters. The molecule has 2 atom stereocenters. The number of carbonyl (C=O) groups excluding carboxylic acids is 2. The van der Waals surface area contributed by atoms with Gasteiger partial charge in [-0.2, -0.15) is 5.26 Å². The number of rotatable bonds is 12. The number of likely N-dealkylation sites (tertiary alicyclic amines) is 1. The zero-order valence-corrected chi connectivity index (χ0v) is 23.5. The fraction of sp³-hybridized carbons (Fsp3) is 0.552. The van der Waals surface area contributed by atoms with E-state index in [1.807, 2.05) is 33.8 Å². The molecular weight excluding hydrogens is 500 g/mol. The third kappa shape index (κ3) is 7.66. The summed E-state index contributed by atoms with van der Waals surface area (Å²) in [6.45, 7) is 19.1. The smallest absolute Gasteiger partial charge is 0.256 e. The van der Waals surface area contributed by atoms with Crippen molar-refractivity contribution in [3.8, 4) is 11.9 Å². The maximum absolute atomic E-state index is 13.2. The molecule has 2 amide bonds. The molecule has 0 saturated carbocycles. The van der Waals surface area contributed by atoms with Gasteiger partial charge in [0.25, 0.3) is 11.5 Å². The molecule has 1 saturated heterocycles. The van der Waals surface area contributed by atoms with Crippen molar-refractivity contribution in [3.63, 3.8) is 0 Å². The molecule has 1 aromatic rings. The fourth-order valence-electron chi connectivity index (χ4n) is 4.29. The molecule has 1 aliphatic heterocycles. The monoisotopic (exact) mass is 537 g/mol. The first-order chi connectivity index (χ1) is 18.5. The number of allylic oxidation sites excluding steroid dienone is 2. The van der Waals surface area contributed by atoms with E-state index in [1.54, 1.807) is 6.92 Å². The molecule has 210 valence electrons. The van der Waals surface area contributed by atoms with Crippen LogP contribution in [0.5, 0.6) is 5.88 Å². The van der Waals surface area contributed by atoms with Crippen molar-refractivity contribution in [2.75, 3.05) is 19.8 Å². The molecular formula is C29H37N4O6-. The molecule has 39 heavy (non-hydrogen) atoms. The maximum atomic E-state index is 13.2. The van der Waals surface area contributed by atoms with Crippen LogP contribution in [0.2, 0.25) is 0 Å². The van der Waals surface area contributed by atoms with Gasteiger partial charge in [0.1, 0.15) is 5.92 Å². The number of nitriles is 1. The second-order valence-electron chi connectivity index (χ2n) is 9.98. The number of ether oxygens (including phenoxy) is 2. The van der Waals surface area contributed by atoms with Gasteiger partial charge in [-0.3, -0.25) is 19.3 Å². The summed E-state index contributed by atoms with van der Waals surface area (Å²) in [5, 5.41) is 22.4. The van der Waals surface area contributed by atoms with Gasteiger partial charge in [-0.15, -0.1) is 0 Å². The summed E-state index contributed by atoms with van der Waals surface area (Å²) in [4.78, 5) is 43.6. The van der Waals surface area contributed by atoms with Gasteiger partial charge in [0, 0.05) is 43.4 Å². The zero-order valence-electron chi connectivity index (χ0n) is 23.5. The molecule has 0 bridgehead atoms. The highest BCUT2D eigenvalue weighted by Gasteiger charge is 2.42. The van der Waals surface area contributed by atoms with Crippen LogP contribution in [0, 0.1) is 36.7 Å². The normalized spacial score (nSPS) is 18.9. The SMILES string of the molecule is [C-]#[N+]c1c(C)c(C=CC=C2C(=O)N(CCCOC(C)C)C(=O)C(C#N)C2C)c(=O)n(CCCOC(C)C)c1[O-]. The molecule has 2 rings (SSSR count). The average Bonchev–Trinajstić information content (AvgIpc) is 2.87. The molecule has 10 heteroatoms. The van der Waals surface area contributed by atoms with Crippen LogP contribution in [0.15, 0.2) is 22.5 Å². The second-order valence-corrected chi connectivity index (χ2v) is 9.98. The summed E-state index contributed by atoms with van der Waals surface area (Å²) in [7, 11) is 0. The lowest BCUT2D eigenvalue weighted by Crippen LogP contribution is -2.50. The van der Waals surface area contributed by atoms with Gasteiger partial charge in [-0.05, 0) is 58.9 Å². The molecule has 0 aliphatic carbocycles. The number of hydrogen-bond acceptors (Lipinski definition) is 7. The van der Waals surface area contributed by atoms with E-state index in [1.165, 1.54) is 25.2 Å². The Kier molecular flexibility index (Phi) is 11.7. The predicted molar refractivity (Wildman–Crippen MR) is 145 cm³/mol. The summed E-state index contributed by atoms with van der Waals surface area (Å²) < 4.78 is 12.0. The van der Waals surface area contributed by atoms with Crippen LogP contribution in [0.4, 0.5) is 5.69 Å². The van der Waals surface area contributed by atoms with Gasteiger partial charge in [-0.25, -0.2) is 4.85 Å². The van der Waals surface area contributed by atoms with Crippen LogP contribution in [0.1, 0.15) is 58.6 Å². The quantitative estimate of drug-likeness (QED) is 0.173.